The van der Waals surface area contributed by atoms with E-state index < -0.39 is 0 Å². The molecule has 1 aromatic carbocycles. The fourth-order valence-electron chi connectivity index (χ4n) is 2.21. The first kappa shape index (κ1) is 14.0. The summed E-state index contributed by atoms with van der Waals surface area (Å²) in [4.78, 5) is 0. The molecule has 94 valence electrons. The van der Waals surface area contributed by atoms with Gasteiger partial charge in [-0.05, 0) is 48.3 Å². The number of halogens is 1. The Labute approximate surface area is 105 Å². The molecule has 0 saturated carbocycles. The van der Waals surface area contributed by atoms with Crippen molar-refractivity contribution >= 4 is 0 Å². The average Bonchev–Trinajstić information content (AvgIpc) is 2.33. The molecule has 0 aliphatic heterocycles. The lowest BCUT2D eigenvalue weighted by Gasteiger charge is -2.15. The molecule has 0 aliphatic rings. The van der Waals surface area contributed by atoms with Crippen molar-refractivity contribution in [3.63, 3.8) is 0 Å². The standard InChI is InChI=1S/C16H23F/c1-5-12(4)10-13-8-9-15(16(17)11-13)14(6-2)7-3/h5,8-9,11-12,14H,1,6-7,10H2,2-4H3. The van der Waals surface area contributed by atoms with Crippen molar-refractivity contribution in [2.45, 2.75) is 46.0 Å². The van der Waals surface area contributed by atoms with E-state index >= 15 is 0 Å². The molecule has 0 aliphatic carbocycles. The van der Waals surface area contributed by atoms with E-state index in [1.807, 2.05) is 12.1 Å². The van der Waals surface area contributed by atoms with Crippen molar-refractivity contribution in [1.29, 1.82) is 0 Å². The quantitative estimate of drug-likeness (QED) is 0.601. The van der Waals surface area contributed by atoms with E-state index in [1.54, 1.807) is 6.07 Å². The molecule has 1 heteroatoms. The highest BCUT2D eigenvalue weighted by Gasteiger charge is 2.12. The second kappa shape index (κ2) is 6.58. The van der Waals surface area contributed by atoms with Gasteiger partial charge in [-0.2, -0.15) is 0 Å². The monoisotopic (exact) mass is 234 g/mol. The van der Waals surface area contributed by atoms with Crippen LogP contribution in [0.3, 0.4) is 0 Å². The summed E-state index contributed by atoms with van der Waals surface area (Å²) in [6, 6.07) is 5.70. The summed E-state index contributed by atoms with van der Waals surface area (Å²) in [5.74, 6) is 0.696. The Hall–Kier alpha value is -1.11. The molecule has 0 heterocycles. The zero-order valence-electron chi connectivity index (χ0n) is 11.2. The molecule has 1 atom stereocenters. The molecule has 17 heavy (non-hydrogen) atoms. The first-order chi connectivity index (χ1) is 8.12. The summed E-state index contributed by atoms with van der Waals surface area (Å²) >= 11 is 0. The van der Waals surface area contributed by atoms with E-state index in [0.29, 0.717) is 11.8 Å². The molecule has 1 unspecified atom stereocenters. The highest BCUT2D eigenvalue weighted by Crippen LogP contribution is 2.26. The molecule has 1 aromatic rings. The molecule has 0 nitrogen and oxygen atoms in total. The Morgan fingerprint density at radius 3 is 2.41 bits per heavy atom. The van der Waals surface area contributed by atoms with E-state index in [2.05, 4.69) is 33.4 Å². The van der Waals surface area contributed by atoms with Crippen LogP contribution in [0.2, 0.25) is 0 Å². The van der Waals surface area contributed by atoms with E-state index in [9.17, 15) is 4.39 Å². The topological polar surface area (TPSA) is 0 Å². The molecule has 0 spiro atoms. The maximum absolute atomic E-state index is 14.0. The zero-order chi connectivity index (χ0) is 12.8. The van der Waals surface area contributed by atoms with Crippen molar-refractivity contribution in [3.05, 3.63) is 47.8 Å². The summed E-state index contributed by atoms with van der Waals surface area (Å²) in [7, 11) is 0. The molecule has 0 radical (unpaired) electrons. The van der Waals surface area contributed by atoms with Crippen LogP contribution in [0.15, 0.2) is 30.9 Å². The Bertz CT molecular complexity index is 364. The van der Waals surface area contributed by atoms with Crippen LogP contribution in [0.1, 0.15) is 50.7 Å². The second-order valence-corrected chi connectivity index (χ2v) is 4.79. The summed E-state index contributed by atoms with van der Waals surface area (Å²) in [5, 5.41) is 0. The zero-order valence-corrected chi connectivity index (χ0v) is 11.2. The average molecular weight is 234 g/mol. The van der Waals surface area contributed by atoms with Gasteiger partial charge >= 0.3 is 0 Å². The van der Waals surface area contributed by atoms with Crippen LogP contribution in [-0.4, -0.2) is 0 Å². The normalized spacial score (nSPS) is 12.8. The number of hydrogen-bond donors (Lipinski definition) is 0. The lowest BCUT2D eigenvalue weighted by Crippen LogP contribution is -2.02. The van der Waals surface area contributed by atoms with Gasteiger partial charge in [0.15, 0.2) is 0 Å². The summed E-state index contributed by atoms with van der Waals surface area (Å²) < 4.78 is 14.0. The lowest BCUT2D eigenvalue weighted by molar-refractivity contribution is 0.555. The molecule has 0 amide bonds. The van der Waals surface area contributed by atoms with Crippen LogP contribution in [0.25, 0.3) is 0 Å². The minimum Gasteiger partial charge on any atom is -0.207 e. The van der Waals surface area contributed by atoms with Crippen LogP contribution < -0.4 is 0 Å². The first-order valence-electron chi connectivity index (χ1n) is 6.53. The smallest absolute Gasteiger partial charge is 0.126 e. The van der Waals surface area contributed by atoms with E-state index in [-0.39, 0.29) is 5.82 Å². The Morgan fingerprint density at radius 2 is 1.94 bits per heavy atom. The van der Waals surface area contributed by atoms with Crippen LogP contribution >= 0.6 is 0 Å². The van der Waals surface area contributed by atoms with Crippen molar-refractivity contribution in [1.82, 2.24) is 0 Å². The van der Waals surface area contributed by atoms with Gasteiger partial charge in [0.2, 0.25) is 0 Å². The Morgan fingerprint density at radius 1 is 1.29 bits per heavy atom. The van der Waals surface area contributed by atoms with Crippen LogP contribution in [0.4, 0.5) is 4.39 Å². The van der Waals surface area contributed by atoms with Crippen molar-refractivity contribution in [2.24, 2.45) is 5.92 Å². The number of allylic oxidation sites excluding steroid dienone is 1. The molecule has 1 rings (SSSR count). The summed E-state index contributed by atoms with van der Waals surface area (Å²) in [6.07, 6.45) is 4.77. The Kier molecular flexibility index (Phi) is 5.40. The van der Waals surface area contributed by atoms with E-state index in [1.165, 1.54) is 0 Å². The minimum absolute atomic E-state index is 0.0486. The molecule has 0 N–H and O–H groups in total. The predicted molar refractivity (Wildman–Crippen MR) is 72.8 cm³/mol. The van der Waals surface area contributed by atoms with Gasteiger partial charge < -0.3 is 0 Å². The predicted octanol–water partition coefficient (Wildman–Crippen LogP) is 5.09. The third-order valence-electron chi connectivity index (χ3n) is 3.45. The molecule has 0 aromatic heterocycles. The first-order valence-corrected chi connectivity index (χ1v) is 6.53. The van der Waals surface area contributed by atoms with Gasteiger partial charge in [-0.1, -0.05) is 39.0 Å². The molecule has 0 saturated heterocycles. The highest BCUT2D eigenvalue weighted by molar-refractivity contribution is 5.27. The largest absolute Gasteiger partial charge is 0.207 e. The Balaban J connectivity index is 2.89. The fourth-order valence-corrected chi connectivity index (χ4v) is 2.21. The molecular formula is C16H23F. The van der Waals surface area contributed by atoms with Gasteiger partial charge in [-0.3, -0.25) is 0 Å². The lowest BCUT2D eigenvalue weighted by atomic mass is 9.91. The van der Waals surface area contributed by atoms with Gasteiger partial charge in [-0.25, -0.2) is 4.39 Å². The number of rotatable bonds is 6. The maximum atomic E-state index is 14.0. The van der Waals surface area contributed by atoms with Gasteiger partial charge in [0, 0.05) is 0 Å². The molecule has 0 bridgehead atoms. The third-order valence-corrected chi connectivity index (χ3v) is 3.45. The van der Waals surface area contributed by atoms with Gasteiger partial charge in [0.25, 0.3) is 0 Å². The van der Waals surface area contributed by atoms with Gasteiger partial charge in [0.1, 0.15) is 5.82 Å². The summed E-state index contributed by atoms with van der Waals surface area (Å²) in [5.41, 5.74) is 1.93. The fraction of sp³-hybridized carbons (Fsp3) is 0.500. The molecular weight excluding hydrogens is 211 g/mol. The second-order valence-electron chi connectivity index (χ2n) is 4.79. The van der Waals surface area contributed by atoms with Gasteiger partial charge in [0.05, 0.1) is 0 Å². The summed E-state index contributed by atoms with van der Waals surface area (Å²) in [6.45, 7) is 10.1. The molecule has 0 fully saturated rings. The number of hydrogen-bond acceptors (Lipinski definition) is 0. The number of benzene rings is 1. The van der Waals surface area contributed by atoms with E-state index in [4.69, 9.17) is 0 Å². The minimum atomic E-state index is -0.0486. The highest BCUT2D eigenvalue weighted by atomic mass is 19.1. The van der Waals surface area contributed by atoms with Gasteiger partial charge in [-0.15, -0.1) is 6.58 Å². The van der Waals surface area contributed by atoms with Crippen molar-refractivity contribution < 1.29 is 4.39 Å². The van der Waals surface area contributed by atoms with Crippen LogP contribution in [-0.2, 0) is 6.42 Å². The van der Waals surface area contributed by atoms with Crippen LogP contribution in [0, 0.1) is 11.7 Å². The van der Waals surface area contributed by atoms with E-state index in [0.717, 1.165) is 30.4 Å². The maximum Gasteiger partial charge on any atom is 0.126 e. The third kappa shape index (κ3) is 3.69. The van der Waals surface area contributed by atoms with Crippen molar-refractivity contribution in [2.75, 3.05) is 0 Å². The van der Waals surface area contributed by atoms with Crippen molar-refractivity contribution in [3.8, 4) is 0 Å². The van der Waals surface area contributed by atoms with Crippen LogP contribution in [0.5, 0.6) is 0 Å². The SMILES string of the molecule is C=CC(C)Cc1ccc(C(CC)CC)c(F)c1.